The fourth-order valence-electron chi connectivity index (χ4n) is 5.60. The predicted octanol–water partition coefficient (Wildman–Crippen LogP) is 0.903. The van der Waals surface area contributed by atoms with Gasteiger partial charge in [0, 0.05) is 38.5 Å². The summed E-state index contributed by atoms with van der Waals surface area (Å²) in [6.45, 7) is 1.26. The van der Waals surface area contributed by atoms with Crippen LogP contribution in [-0.4, -0.2) is 86.9 Å². The van der Waals surface area contributed by atoms with Crippen LogP contribution in [0.3, 0.4) is 0 Å². The number of aliphatic hydroxyl groups excluding tert-OH is 1. The lowest BCUT2D eigenvalue weighted by Gasteiger charge is -2.35. The van der Waals surface area contributed by atoms with Crippen LogP contribution in [0.2, 0.25) is 0 Å². The first-order valence-corrected chi connectivity index (χ1v) is 11.9. The number of thioether (sulfide) groups is 1. The van der Waals surface area contributed by atoms with E-state index in [1.807, 2.05) is 54.6 Å². The van der Waals surface area contributed by atoms with Gasteiger partial charge in [-0.05, 0) is 5.56 Å². The molecular formula is C24H27N3O4S. The molecule has 1 aromatic rings. The minimum Gasteiger partial charge on any atom is -0.395 e. The van der Waals surface area contributed by atoms with Gasteiger partial charge < -0.3 is 19.8 Å². The van der Waals surface area contributed by atoms with Crippen molar-refractivity contribution in [2.24, 2.45) is 11.8 Å². The van der Waals surface area contributed by atoms with Crippen molar-refractivity contribution in [3.05, 3.63) is 60.2 Å². The maximum atomic E-state index is 13.9. The summed E-state index contributed by atoms with van der Waals surface area (Å²) in [6, 6.07) is 9.04. The molecule has 7 nitrogen and oxygen atoms in total. The monoisotopic (exact) mass is 453 g/mol. The largest absolute Gasteiger partial charge is 0.395 e. The second-order valence-corrected chi connectivity index (χ2v) is 10.3. The topological polar surface area (TPSA) is 81.2 Å². The molecule has 0 saturated carbocycles. The van der Waals surface area contributed by atoms with Crippen molar-refractivity contribution in [2.75, 3.05) is 33.3 Å². The molecule has 4 aliphatic heterocycles. The lowest BCUT2D eigenvalue weighted by molar-refractivity contribution is -0.144. The number of hydrogen-bond acceptors (Lipinski definition) is 5. The fraction of sp³-hybridized carbons (Fsp3) is 0.458. The second-order valence-electron chi connectivity index (χ2n) is 8.85. The Morgan fingerprint density at radius 3 is 2.59 bits per heavy atom. The van der Waals surface area contributed by atoms with E-state index in [1.165, 1.54) is 4.90 Å². The molecule has 5 atom stereocenters. The Kier molecular flexibility index (Phi) is 5.37. The van der Waals surface area contributed by atoms with E-state index in [-0.39, 0.29) is 36.1 Å². The van der Waals surface area contributed by atoms with Crippen molar-refractivity contribution < 1.29 is 19.5 Å². The third-order valence-corrected chi connectivity index (χ3v) is 8.74. The number of hydrogen-bond donors (Lipinski definition) is 1. The molecule has 4 aliphatic rings. The molecule has 168 valence electrons. The molecule has 2 saturated heterocycles. The van der Waals surface area contributed by atoms with Crippen molar-refractivity contribution in [2.45, 2.75) is 22.6 Å². The van der Waals surface area contributed by atoms with Gasteiger partial charge in [0.15, 0.2) is 0 Å². The molecule has 1 aromatic carbocycles. The number of likely N-dealkylation sites (N-methyl/N-ethyl adjacent to an activating group) is 1. The van der Waals surface area contributed by atoms with Crippen molar-refractivity contribution in [3.8, 4) is 0 Å². The zero-order valence-corrected chi connectivity index (χ0v) is 18.8. The molecule has 2 fully saturated rings. The number of benzene rings is 1. The lowest BCUT2D eigenvalue weighted by Crippen LogP contribution is -2.53. The van der Waals surface area contributed by atoms with Crippen LogP contribution >= 0.6 is 11.8 Å². The molecule has 3 amide bonds. The molecule has 1 spiro atoms. The van der Waals surface area contributed by atoms with Gasteiger partial charge in [0.05, 0.1) is 23.2 Å². The summed E-state index contributed by atoms with van der Waals surface area (Å²) in [5.74, 6) is -1.53. The quantitative estimate of drug-likeness (QED) is 0.686. The summed E-state index contributed by atoms with van der Waals surface area (Å²) >= 11 is 1.56. The summed E-state index contributed by atoms with van der Waals surface area (Å²) in [5, 5.41) is 9.54. The third kappa shape index (κ3) is 3.11. The summed E-state index contributed by atoms with van der Waals surface area (Å²) in [5.41, 5.74) is 1.02. The van der Waals surface area contributed by atoms with E-state index >= 15 is 0 Å². The van der Waals surface area contributed by atoms with Crippen LogP contribution in [0.1, 0.15) is 5.56 Å². The van der Waals surface area contributed by atoms with Gasteiger partial charge in [-0.25, -0.2) is 0 Å². The highest BCUT2D eigenvalue weighted by Crippen LogP contribution is 2.60. The van der Waals surface area contributed by atoms with Gasteiger partial charge in [-0.15, -0.1) is 11.8 Å². The maximum absolute atomic E-state index is 13.9. The van der Waals surface area contributed by atoms with E-state index in [2.05, 4.69) is 0 Å². The van der Waals surface area contributed by atoms with Crippen molar-refractivity contribution in [3.63, 3.8) is 0 Å². The first-order valence-electron chi connectivity index (χ1n) is 11.0. The number of aliphatic hydroxyl groups is 1. The van der Waals surface area contributed by atoms with Gasteiger partial charge >= 0.3 is 0 Å². The standard InChI is InChI=1S/C24H27N3O4S/c1-25-11-5-9-17-18(21(25)29)19-22(30)27(13-14-28)20-23(31)26(12-6-10-24(19,20)32-17)15-16-7-3-2-4-8-16/h2-10,17-20,28H,11-15H2,1H3/t17-,18+,19+,20?,24+/m1/s1. The summed E-state index contributed by atoms with van der Waals surface area (Å²) in [7, 11) is 1.75. The Labute approximate surface area is 191 Å². The summed E-state index contributed by atoms with van der Waals surface area (Å²) in [6.07, 6.45) is 7.97. The van der Waals surface area contributed by atoms with Gasteiger partial charge in [-0.2, -0.15) is 0 Å². The molecular weight excluding hydrogens is 426 g/mol. The Bertz CT molecular complexity index is 996. The molecule has 5 rings (SSSR count). The minimum atomic E-state index is -0.817. The molecule has 0 radical (unpaired) electrons. The van der Waals surface area contributed by atoms with Crippen LogP contribution in [0.4, 0.5) is 0 Å². The molecule has 0 bridgehead atoms. The minimum absolute atomic E-state index is 0.0569. The zero-order valence-electron chi connectivity index (χ0n) is 18.0. The van der Waals surface area contributed by atoms with Gasteiger partial charge in [0.25, 0.3) is 0 Å². The summed E-state index contributed by atoms with van der Waals surface area (Å²) < 4.78 is -0.817. The van der Waals surface area contributed by atoms with Crippen LogP contribution in [-0.2, 0) is 20.9 Å². The Hall–Kier alpha value is -2.58. The summed E-state index contributed by atoms with van der Waals surface area (Å²) in [4.78, 5) is 45.8. The van der Waals surface area contributed by atoms with E-state index in [4.69, 9.17) is 0 Å². The molecule has 32 heavy (non-hydrogen) atoms. The normalized spacial score (nSPS) is 33.8. The van der Waals surface area contributed by atoms with Crippen LogP contribution in [0.5, 0.6) is 0 Å². The van der Waals surface area contributed by atoms with E-state index in [1.54, 1.807) is 28.6 Å². The number of rotatable bonds is 4. The number of amides is 3. The third-order valence-electron chi connectivity index (χ3n) is 7.00. The lowest BCUT2D eigenvalue weighted by atomic mass is 9.78. The highest BCUT2D eigenvalue weighted by Gasteiger charge is 2.70. The van der Waals surface area contributed by atoms with E-state index in [0.29, 0.717) is 19.6 Å². The molecule has 8 heteroatoms. The SMILES string of the molecule is CN1CC=C[C@H]2S[C@]34C=CCN(Cc5ccccc5)C(=O)C3N(CCO)C(=O)[C@@H]4[C@H]2C1=O. The molecule has 4 heterocycles. The van der Waals surface area contributed by atoms with Crippen LogP contribution < -0.4 is 0 Å². The fourth-order valence-corrected chi connectivity index (χ4v) is 7.61. The van der Waals surface area contributed by atoms with Crippen LogP contribution in [0, 0.1) is 11.8 Å². The molecule has 1 unspecified atom stereocenters. The number of β-amino-alcohol motifs (C(OH)–C–C–N with tert-alkyl or cyclic N) is 1. The number of likely N-dealkylation sites (tertiary alicyclic amines) is 1. The smallest absolute Gasteiger partial charge is 0.247 e. The van der Waals surface area contributed by atoms with Crippen molar-refractivity contribution in [1.29, 1.82) is 0 Å². The second kappa shape index (κ2) is 8.08. The highest BCUT2D eigenvalue weighted by atomic mass is 32.2. The van der Waals surface area contributed by atoms with Crippen molar-refractivity contribution >= 4 is 29.5 Å². The molecule has 0 aromatic heterocycles. The van der Waals surface area contributed by atoms with E-state index < -0.39 is 22.6 Å². The Morgan fingerprint density at radius 1 is 1.06 bits per heavy atom. The molecule has 1 N–H and O–H groups in total. The number of nitrogens with zero attached hydrogens (tertiary/aromatic N) is 3. The zero-order chi connectivity index (χ0) is 22.5. The van der Waals surface area contributed by atoms with Gasteiger partial charge in [-0.3, -0.25) is 14.4 Å². The number of fused-ring (bicyclic) bond motifs is 2. The average molecular weight is 454 g/mol. The first kappa shape index (κ1) is 21.3. The van der Waals surface area contributed by atoms with Gasteiger partial charge in [-0.1, -0.05) is 54.6 Å². The highest BCUT2D eigenvalue weighted by molar-refractivity contribution is 8.02. The number of carbonyl (C=O) groups is 3. The van der Waals surface area contributed by atoms with Gasteiger partial charge in [0.2, 0.25) is 17.7 Å². The number of carbonyl (C=O) groups excluding carboxylic acids is 3. The van der Waals surface area contributed by atoms with Crippen LogP contribution in [0.15, 0.2) is 54.6 Å². The van der Waals surface area contributed by atoms with E-state index in [9.17, 15) is 19.5 Å². The van der Waals surface area contributed by atoms with Crippen LogP contribution in [0.25, 0.3) is 0 Å². The van der Waals surface area contributed by atoms with Crippen molar-refractivity contribution in [1.82, 2.24) is 14.7 Å². The maximum Gasteiger partial charge on any atom is 0.247 e. The Balaban J connectivity index is 1.56. The molecule has 0 aliphatic carbocycles. The first-order chi connectivity index (χ1) is 15.5. The average Bonchev–Trinajstić information content (AvgIpc) is 3.11. The Morgan fingerprint density at radius 2 is 1.84 bits per heavy atom. The predicted molar refractivity (Wildman–Crippen MR) is 121 cm³/mol. The van der Waals surface area contributed by atoms with E-state index in [0.717, 1.165) is 5.56 Å². The van der Waals surface area contributed by atoms with Gasteiger partial charge in [0.1, 0.15) is 6.04 Å².